The number of carbonyl (C=O) groups is 1. The van der Waals surface area contributed by atoms with Crippen molar-refractivity contribution in [2.45, 2.75) is 38.0 Å². The molecular formula is C8H13F3N2O. The van der Waals surface area contributed by atoms with Crippen molar-refractivity contribution in [2.75, 3.05) is 6.54 Å². The van der Waals surface area contributed by atoms with E-state index in [1.165, 1.54) is 0 Å². The minimum absolute atomic E-state index is 0.461. The van der Waals surface area contributed by atoms with Crippen molar-refractivity contribution in [3.8, 4) is 0 Å². The summed E-state index contributed by atoms with van der Waals surface area (Å²) in [5.41, 5.74) is -0.471. The lowest BCUT2D eigenvalue weighted by Crippen LogP contribution is -2.53. The van der Waals surface area contributed by atoms with Gasteiger partial charge in [0.15, 0.2) is 0 Å². The average molecular weight is 210 g/mol. The van der Waals surface area contributed by atoms with E-state index in [9.17, 15) is 18.0 Å². The van der Waals surface area contributed by atoms with E-state index in [-0.39, 0.29) is 0 Å². The van der Waals surface area contributed by atoms with Crippen molar-refractivity contribution in [3.63, 3.8) is 0 Å². The van der Waals surface area contributed by atoms with Crippen molar-refractivity contribution in [1.29, 1.82) is 0 Å². The van der Waals surface area contributed by atoms with Gasteiger partial charge in [-0.2, -0.15) is 13.2 Å². The Balaban J connectivity index is 2.57. The van der Waals surface area contributed by atoms with Crippen LogP contribution in [0, 0.1) is 0 Å². The van der Waals surface area contributed by atoms with Gasteiger partial charge in [0.05, 0.1) is 0 Å². The fourth-order valence-electron chi connectivity index (χ4n) is 1.52. The van der Waals surface area contributed by atoms with Crippen LogP contribution in [0.2, 0.25) is 0 Å². The Hall–Kier alpha value is -0.780. The van der Waals surface area contributed by atoms with E-state index in [4.69, 9.17) is 0 Å². The van der Waals surface area contributed by atoms with Crippen LogP contribution in [-0.4, -0.2) is 30.2 Å². The first kappa shape index (κ1) is 11.3. The molecule has 1 saturated heterocycles. The molecule has 3 nitrogen and oxygen atoms in total. The van der Waals surface area contributed by atoms with Crippen LogP contribution < -0.4 is 10.6 Å². The monoisotopic (exact) mass is 210 g/mol. The summed E-state index contributed by atoms with van der Waals surface area (Å²) in [7, 11) is 0. The number of alkyl halides is 3. The zero-order valence-electron chi connectivity index (χ0n) is 8.03. The molecule has 1 unspecified atom stereocenters. The highest BCUT2D eigenvalue weighted by molar-refractivity contribution is 5.82. The molecule has 6 heteroatoms. The Morgan fingerprint density at radius 2 is 2.07 bits per heavy atom. The van der Waals surface area contributed by atoms with Gasteiger partial charge in [-0.25, -0.2) is 0 Å². The molecule has 82 valence electrons. The number of rotatable bonds is 1. The highest BCUT2D eigenvalue weighted by Crippen LogP contribution is 2.21. The van der Waals surface area contributed by atoms with Gasteiger partial charge in [-0.1, -0.05) is 0 Å². The van der Waals surface area contributed by atoms with E-state index in [0.717, 1.165) is 0 Å². The SMILES string of the molecule is CC1(C)NCCC1NC(=O)C(F)(F)F. The molecule has 1 aliphatic rings. The zero-order valence-corrected chi connectivity index (χ0v) is 8.03. The molecule has 2 N–H and O–H groups in total. The van der Waals surface area contributed by atoms with Gasteiger partial charge < -0.3 is 10.6 Å². The van der Waals surface area contributed by atoms with Crippen LogP contribution in [0.15, 0.2) is 0 Å². The lowest BCUT2D eigenvalue weighted by molar-refractivity contribution is -0.174. The van der Waals surface area contributed by atoms with Crippen molar-refractivity contribution in [2.24, 2.45) is 0 Å². The molecule has 1 amide bonds. The van der Waals surface area contributed by atoms with Crippen molar-refractivity contribution in [3.05, 3.63) is 0 Å². The Labute approximate surface area is 80.0 Å². The summed E-state index contributed by atoms with van der Waals surface area (Å²) in [5.74, 6) is -1.86. The Morgan fingerprint density at radius 1 is 1.50 bits per heavy atom. The van der Waals surface area contributed by atoms with Gasteiger partial charge in [0.25, 0.3) is 0 Å². The summed E-state index contributed by atoms with van der Waals surface area (Å²) in [6, 6.07) is -0.461. The molecule has 0 aromatic rings. The van der Waals surface area contributed by atoms with Crippen molar-refractivity contribution in [1.82, 2.24) is 10.6 Å². The predicted octanol–water partition coefficient (Wildman–Crippen LogP) is 0.805. The van der Waals surface area contributed by atoms with Gasteiger partial charge in [-0.05, 0) is 26.8 Å². The number of hydrogen-bond donors (Lipinski definition) is 2. The van der Waals surface area contributed by atoms with Crippen LogP contribution in [0.25, 0.3) is 0 Å². The predicted molar refractivity (Wildman–Crippen MR) is 44.7 cm³/mol. The molecule has 1 fully saturated rings. The summed E-state index contributed by atoms with van der Waals surface area (Å²) in [4.78, 5) is 10.6. The van der Waals surface area contributed by atoms with Crippen LogP contribution >= 0.6 is 0 Å². The number of nitrogens with one attached hydrogen (secondary N) is 2. The molecule has 0 spiro atoms. The van der Waals surface area contributed by atoms with Crippen LogP contribution in [-0.2, 0) is 4.79 Å². The second kappa shape index (κ2) is 3.42. The molecule has 0 aromatic carbocycles. The average Bonchev–Trinajstić information content (AvgIpc) is 2.29. The second-order valence-electron chi connectivity index (χ2n) is 3.96. The van der Waals surface area contributed by atoms with Gasteiger partial charge in [-0.3, -0.25) is 4.79 Å². The molecule has 1 heterocycles. The second-order valence-corrected chi connectivity index (χ2v) is 3.96. The summed E-state index contributed by atoms with van der Waals surface area (Å²) in [5, 5.41) is 5.00. The fourth-order valence-corrected chi connectivity index (χ4v) is 1.52. The lowest BCUT2D eigenvalue weighted by Gasteiger charge is -2.28. The Morgan fingerprint density at radius 3 is 2.43 bits per heavy atom. The third-order valence-electron chi connectivity index (χ3n) is 2.45. The van der Waals surface area contributed by atoms with E-state index in [0.29, 0.717) is 13.0 Å². The van der Waals surface area contributed by atoms with E-state index < -0.39 is 23.7 Å². The standard InChI is InChI=1S/C8H13F3N2O/c1-7(2)5(3-4-12-7)13-6(14)8(9,10)11/h5,12H,3-4H2,1-2H3,(H,13,14). The molecule has 0 bridgehead atoms. The molecule has 0 aromatic heterocycles. The topological polar surface area (TPSA) is 41.1 Å². The van der Waals surface area contributed by atoms with E-state index in [2.05, 4.69) is 5.32 Å². The smallest absolute Gasteiger partial charge is 0.344 e. The van der Waals surface area contributed by atoms with E-state index >= 15 is 0 Å². The third kappa shape index (κ3) is 2.37. The summed E-state index contributed by atoms with van der Waals surface area (Å²) in [6.07, 6.45) is -4.27. The number of carbonyl (C=O) groups excluding carboxylic acids is 1. The highest BCUT2D eigenvalue weighted by atomic mass is 19.4. The minimum atomic E-state index is -4.79. The first-order valence-corrected chi connectivity index (χ1v) is 4.36. The Kier molecular flexibility index (Phi) is 2.76. The maximum atomic E-state index is 11.9. The van der Waals surface area contributed by atoms with Gasteiger partial charge in [-0.15, -0.1) is 0 Å². The van der Waals surface area contributed by atoms with Crippen LogP contribution in [0.5, 0.6) is 0 Å². The van der Waals surface area contributed by atoms with E-state index in [1.54, 1.807) is 13.8 Å². The number of amides is 1. The molecule has 1 rings (SSSR count). The van der Waals surface area contributed by atoms with Gasteiger partial charge in [0.2, 0.25) is 0 Å². The molecular weight excluding hydrogens is 197 g/mol. The molecule has 1 aliphatic heterocycles. The quantitative estimate of drug-likeness (QED) is 0.672. The first-order chi connectivity index (χ1) is 6.23. The third-order valence-corrected chi connectivity index (χ3v) is 2.45. The van der Waals surface area contributed by atoms with Gasteiger partial charge >= 0.3 is 12.1 Å². The fraction of sp³-hybridized carbons (Fsp3) is 0.875. The molecule has 0 saturated carbocycles. The van der Waals surface area contributed by atoms with Crippen LogP contribution in [0.3, 0.4) is 0 Å². The van der Waals surface area contributed by atoms with Crippen LogP contribution in [0.4, 0.5) is 13.2 Å². The summed E-state index contributed by atoms with van der Waals surface area (Å²) in [6.45, 7) is 4.15. The Bertz CT molecular complexity index is 237. The minimum Gasteiger partial charge on any atom is -0.344 e. The normalized spacial score (nSPS) is 26.2. The molecule has 0 radical (unpaired) electrons. The summed E-state index contributed by atoms with van der Waals surface area (Å²) < 4.78 is 35.8. The molecule has 14 heavy (non-hydrogen) atoms. The zero-order chi connectivity index (χ0) is 11.0. The first-order valence-electron chi connectivity index (χ1n) is 4.36. The largest absolute Gasteiger partial charge is 0.471 e. The lowest BCUT2D eigenvalue weighted by atomic mass is 9.97. The molecule has 1 atom stereocenters. The molecule has 0 aliphatic carbocycles. The van der Waals surface area contributed by atoms with Crippen molar-refractivity contribution < 1.29 is 18.0 Å². The highest BCUT2D eigenvalue weighted by Gasteiger charge is 2.43. The number of hydrogen-bond acceptors (Lipinski definition) is 2. The van der Waals surface area contributed by atoms with E-state index in [1.807, 2.05) is 5.32 Å². The van der Waals surface area contributed by atoms with Gasteiger partial charge in [0.1, 0.15) is 0 Å². The maximum Gasteiger partial charge on any atom is 0.471 e. The van der Waals surface area contributed by atoms with Gasteiger partial charge in [0, 0.05) is 11.6 Å². The van der Waals surface area contributed by atoms with Crippen LogP contribution in [0.1, 0.15) is 20.3 Å². The van der Waals surface area contributed by atoms with Crippen molar-refractivity contribution >= 4 is 5.91 Å². The summed E-state index contributed by atoms with van der Waals surface area (Å²) >= 11 is 0. The maximum absolute atomic E-state index is 11.9. The number of halogens is 3.